The number of fused-ring (bicyclic) bond motifs is 1. The molecule has 0 fully saturated rings. The normalized spacial score (nSPS) is 18.0. The Hall–Kier alpha value is -2.88. The van der Waals surface area contributed by atoms with Crippen molar-refractivity contribution in [1.29, 1.82) is 0 Å². The largest absolute Gasteiger partial charge is 0.506 e. The van der Waals surface area contributed by atoms with E-state index in [4.69, 9.17) is 0 Å². The van der Waals surface area contributed by atoms with Gasteiger partial charge in [0.15, 0.2) is 5.78 Å². The van der Waals surface area contributed by atoms with Crippen molar-refractivity contribution in [2.24, 2.45) is 4.99 Å². The van der Waals surface area contributed by atoms with Crippen molar-refractivity contribution in [3.05, 3.63) is 77.4 Å². The van der Waals surface area contributed by atoms with Crippen LogP contribution in [0, 0.1) is 0 Å². The Labute approximate surface area is 147 Å². The maximum atomic E-state index is 12.1. The number of aliphatic hydroxyl groups excluding tert-OH is 1. The number of aliphatic hydroxyl groups is 1. The van der Waals surface area contributed by atoms with E-state index in [0.29, 0.717) is 18.7 Å². The van der Waals surface area contributed by atoms with Gasteiger partial charge < -0.3 is 10.1 Å². The van der Waals surface area contributed by atoms with Crippen LogP contribution in [-0.2, 0) is 6.42 Å². The summed E-state index contributed by atoms with van der Waals surface area (Å²) < 4.78 is 0. The molecule has 25 heavy (non-hydrogen) atoms. The van der Waals surface area contributed by atoms with E-state index < -0.39 is 0 Å². The number of allylic oxidation sites excluding steroid dienone is 7. The molecule has 0 bridgehead atoms. The number of H-pyrrole nitrogens is 1. The van der Waals surface area contributed by atoms with E-state index in [2.05, 4.69) is 16.6 Å². The lowest BCUT2D eigenvalue weighted by atomic mass is 9.96. The first-order valence-corrected chi connectivity index (χ1v) is 8.49. The lowest BCUT2D eigenvalue weighted by Crippen LogP contribution is -2.08. The van der Waals surface area contributed by atoms with E-state index in [1.165, 1.54) is 0 Å². The fourth-order valence-corrected chi connectivity index (χ4v) is 3.04. The first kappa shape index (κ1) is 17.0. The van der Waals surface area contributed by atoms with Crippen LogP contribution < -0.4 is 0 Å². The molecule has 0 spiro atoms. The molecule has 2 aliphatic rings. The smallest absolute Gasteiger partial charge is 0.164 e. The van der Waals surface area contributed by atoms with Gasteiger partial charge in [0.25, 0.3) is 0 Å². The van der Waals surface area contributed by atoms with Crippen LogP contribution in [0.4, 0.5) is 0 Å². The number of carbonyl (C=O) groups is 1. The van der Waals surface area contributed by atoms with Crippen LogP contribution in [0.5, 0.6) is 0 Å². The number of rotatable bonds is 5. The summed E-state index contributed by atoms with van der Waals surface area (Å²) in [6, 6.07) is 1.94. The molecule has 0 unspecified atom stereocenters. The maximum absolute atomic E-state index is 12.1. The van der Waals surface area contributed by atoms with Gasteiger partial charge in [0.1, 0.15) is 5.76 Å². The summed E-state index contributed by atoms with van der Waals surface area (Å²) in [5.41, 5.74) is 5.09. The van der Waals surface area contributed by atoms with E-state index in [-0.39, 0.29) is 11.5 Å². The third kappa shape index (κ3) is 3.79. The quantitative estimate of drug-likeness (QED) is 0.779. The van der Waals surface area contributed by atoms with Crippen molar-refractivity contribution in [3.8, 4) is 0 Å². The van der Waals surface area contributed by atoms with Gasteiger partial charge in [-0.05, 0) is 55.2 Å². The van der Waals surface area contributed by atoms with Gasteiger partial charge in [-0.25, -0.2) is 0 Å². The lowest BCUT2D eigenvalue weighted by molar-refractivity contribution is 0.0972. The van der Waals surface area contributed by atoms with E-state index in [1.807, 2.05) is 37.3 Å². The first-order chi connectivity index (χ1) is 12.1. The second-order valence-corrected chi connectivity index (χ2v) is 6.18. The molecular weight excluding hydrogens is 312 g/mol. The van der Waals surface area contributed by atoms with Gasteiger partial charge in [0.05, 0.1) is 12.3 Å². The standard InChI is InChI=1S/C21H22N2O2/c1-3-5-15(12-14(2)8-9-18-21(25)10-11-22-18)19-13-16-17(23-19)6-4-7-20(16)24/h3,5,8-10,12-13,23,25H,2,4,6-7,11H2,1H3/b5-3-,9-8+,15-12+. The minimum Gasteiger partial charge on any atom is -0.506 e. The number of aromatic amines is 1. The maximum Gasteiger partial charge on any atom is 0.164 e. The first-order valence-electron chi connectivity index (χ1n) is 8.49. The number of aryl methyl sites for hydroxylation is 1. The molecule has 128 valence electrons. The SMILES string of the molecule is C=C(/C=C/C1=NCC=C1O)/C=C(\C=C/C)c1cc2c([nH]1)CCCC2=O. The number of ketones is 1. The molecule has 1 aliphatic heterocycles. The summed E-state index contributed by atoms with van der Waals surface area (Å²) in [5.74, 6) is 0.418. The third-order valence-corrected chi connectivity index (χ3v) is 4.29. The summed E-state index contributed by atoms with van der Waals surface area (Å²) in [4.78, 5) is 19.6. The third-order valence-electron chi connectivity index (χ3n) is 4.29. The molecule has 3 rings (SSSR count). The van der Waals surface area contributed by atoms with Crippen LogP contribution in [-0.4, -0.2) is 28.1 Å². The van der Waals surface area contributed by atoms with Gasteiger partial charge in [-0.15, -0.1) is 0 Å². The van der Waals surface area contributed by atoms with Crippen LogP contribution in [0.25, 0.3) is 5.57 Å². The fourth-order valence-electron chi connectivity index (χ4n) is 3.04. The highest BCUT2D eigenvalue weighted by atomic mass is 16.3. The van der Waals surface area contributed by atoms with Crippen molar-refractivity contribution in [3.63, 3.8) is 0 Å². The molecule has 1 aromatic heterocycles. The molecule has 2 N–H and O–H groups in total. The molecule has 0 amide bonds. The predicted octanol–water partition coefficient (Wildman–Crippen LogP) is 4.50. The van der Waals surface area contributed by atoms with Crippen molar-refractivity contribution < 1.29 is 9.90 Å². The Morgan fingerprint density at radius 1 is 1.36 bits per heavy atom. The summed E-state index contributed by atoms with van der Waals surface area (Å²) >= 11 is 0. The Balaban J connectivity index is 1.84. The van der Waals surface area contributed by atoms with Gasteiger partial charge in [-0.3, -0.25) is 9.79 Å². The number of aliphatic imine (C=N–C) groups is 1. The summed E-state index contributed by atoms with van der Waals surface area (Å²) in [5, 5.41) is 9.65. The highest BCUT2D eigenvalue weighted by Crippen LogP contribution is 2.26. The zero-order valence-electron chi connectivity index (χ0n) is 14.4. The number of carbonyl (C=O) groups excluding carboxylic acids is 1. The Morgan fingerprint density at radius 2 is 2.20 bits per heavy atom. The minimum atomic E-state index is 0.206. The molecule has 0 aromatic carbocycles. The zero-order chi connectivity index (χ0) is 17.8. The Kier molecular flexibility index (Phi) is 4.98. The van der Waals surface area contributed by atoms with Crippen LogP contribution >= 0.6 is 0 Å². The topological polar surface area (TPSA) is 65.5 Å². The fraction of sp³-hybridized carbons (Fsp3) is 0.238. The van der Waals surface area contributed by atoms with Crippen LogP contribution in [0.3, 0.4) is 0 Å². The number of nitrogens with one attached hydrogen (secondary N) is 1. The van der Waals surface area contributed by atoms with Crippen LogP contribution in [0.1, 0.15) is 41.5 Å². The molecule has 4 heteroatoms. The Bertz CT molecular complexity index is 860. The molecule has 0 radical (unpaired) electrons. The van der Waals surface area contributed by atoms with Crippen molar-refractivity contribution >= 4 is 17.1 Å². The second kappa shape index (κ2) is 7.34. The van der Waals surface area contributed by atoms with Crippen molar-refractivity contribution in [1.82, 2.24) is 4.98 Å². The second-order valence-electron chi connectivity index (χ2n) is 6.18. The average Bonchev–Trinajstić information content (AvgIpc) is 3.19. The zero-order valence-corrected chi connectivity index (χ0v) is 14.4. The summed E-state index contributed by atoms with van der Waals surface area (Å²) in [6.07, 6.45) is 13.6. The van der Waals surface area contributed by atoms with Crippen molar-refractivity contribution in [2.75, 3.05) is 6.54 Å². The number of hydrogen-bond acceptors (Lipinski definition) is 3. The molecule has 0 saturated heterocycles. The molecule has 4 nitrogen and oxygen atoms in total. The molecule has 0 atom stereocenters. The van der Waals surface area contributed by atoms with E-state index >= 15 is 0 Å². The van der Waals surface area contributed by atoms with Gasteiger partial charge >= 0.3 is 0 Å². The molecule has 2 heterocycles. The summed E-state index contributed by atoms with van der Waals surface area (Å²) in [7, 11) is 0. The van der Waals surface area contributed by atoms with Crippen LogP contribution in [0.15, 0.2) is 65.4 Å². The molecule has 1 aromatic rings. The number of nitrogens with zero attached hydrogens (tertiary/aromatic N) is 1. The highest BCUT2D eigenvalue weighted by Gasteiger charge is 2.20. The monoisotopic (exact) mass is 334 g/mol. The number of hydrogen-bond donors (Lipinski definition) is 2. The number of Topliss-reactive ketones (excluding diaryl/α,β-unsaturated/α-hetero) is 1. The summed E-state index contributed by atoms with van der Waals surface area (Å²) in [6.45, 7) is 6.52. The van der Waals surface area contributed by atoms with E-state index in [9.17, 15) is 9.90 Å². The minimum absolute atomic E-state index is 0.206. The predicted molar refractivity (Wildman–Crippen MR) is 102 cm³/mol. The van der Waals surface area contributed by atoms with Gasteiger partial charge in [-0.2, -0.15) is 0 Å². The van der Waals surface area contributed by atoms with E-state index in [1.54, 1.807) is 12.2 Å². The molecule has 1 aliphatic carbocycles. The average molecular weight is 334 g/mol. The van der Waals surface area contributed by atoms with Gasteiger partial charge in [0.2, 0.25) is 0 Å². The molecule has 0 saturated carbocycles. The lowest BCUT2D eigenvalue weighted by Gasteiger charge is -2.08. The van der Waals surface area contributed by atoms with Gasteiger partial charge in [-0.1, -0.05) is 24.8 Å². The van der Waals surface area contributed by atoms with Crippen molar-refractivity contribution in [2.45, 2.75) is 26.2 Å². The van der Waals surface area contributed by atoms with Crippen LogP contribution in [0.2, 0.25) is 0 Å². The van der Waals surface area contributed by atoms with Gasteiger partial charge in [0, 0.05) is 23.4 Å². The Morgan fingerprint density at radius 3 is 2.88 bits per heavy atom. The highest BCUT2D eigenvalue weighted by molar-refractivity contribution is 6.08. The number of aromatic nitrogens is 1. The molecular formula is C21H22N2O2. The van der Waals surface area contributed by atoms with E-state index in [0.717, 1.165) is 40.9 Å².